The zero-order chi connectivity index (χ0) is 21.0. The summed E-state index contributed by atoms with van der Waals surface area (Å²) in [6.45, 7) is 1.72. The van der Waals surface area contributed by atoms with Gasteiger partial charge in [-0.3, -0.25) is 10.1 Å². The molecule has 0 saturated heterocycles. The first-order valence-corrected chi connectivity index (χ1v) is 8.19. The van der Waals surface area contributed by atoms with Crippen molar-refractivity contribution >= 4 is 17.6 Å². The van der Waals surface area contributed by atoms with E-state index in [0.717, 1.165) is 6.07 Å². The summed E-state index contributed by atoms with van der Waals surface area (Å²) < 4.78 is 14.8. The molecule has 0 unspecified atom stereocenters. The predicted molar refractivity (Wildman–Crippen MR) is 94.4 cm³/mol. The van der Waals surface area contributed by atoms with E-state index in [1.54, 1.807) is 14.0 Å². The highest BCUT2D eigenvalue weighted by atomic mass is 16.6. The Hall–Kier alpha value is -3.56. The lowest BCUT2D eigenvalue weighted by Gasteiger charge is -2.28. The minimum absolute atomic E-state index is 0.0447. The van der Waals surface area contributed by atoms with Gasteiger partial charge >= 0.3 is 11.9 Å². The van der Waals surface area contributed by atoms with E-state index >= 15 is 0 Å². The lowest BCUT2D eigenvalue weighted by molar-refractivity contribution is -0.398. The molecule has 0 aliphatic carbocycles. The number of nitro groups is 1. The van der Waals surface area contributed by atoms with Gasteiger partial charge < -0.3 is 24.2 Å². The number of methoxy groups -OCH3 is 2. The molecule has 2 rings (SSSR count). The summed E-state index contributed by atoms with van der Waals surface area (Å²) in [6, 6.07) is 2.30. The first-order chi connectivity index (χ1) is 13.2. The number of ether oxygens (including phenoxy) is 3. The summed E-state index contributed by atoms with van der Waals surface area (Å²) in [6.07, 6.45) is 2.86. The van der Waals surface area contributed by atoms with Gasteiger partial charge in [-0.1, -0.05) is 0 Å². The maximum absolute atomic E-state index is 12.3. The highest BCUT2D eigenvalue weighted by Gasteiger charge is 2.36. The van der Waals surface area contributed by atoms with Gasteiger partial charge in [-0.15, -0.1) is 0 Å². The lowest BCUT2D eigenvalue weighted by atomic mass is 9.83. The minimum atomic E-state index is -1.05. The molecule has 150 valence electrons. The van der Waals surface area contributed by atoms with Crippen LogP contribution in [0.3, 0.4) is 0 Å². The third-order valence-corrected chi connectivity index (χ3v) is 4.04. The normalized spacial score (nSPS) is 14.1. The summed E-state index contributed by atoms with van der Waals surface area (Å²) in [5, 5.41) is 23.6. The Labute approximate surface area is 160 Å². The highest BCUT2D eigenvalue weighted by Crippen LogP contribution is 2.43. The number of esters is 2. The molecule has 0 atom stereocenters. The van der Waals surface area contributed by atoms with Crippen molar-refractivity contribution in [1.82, 2.24) is 4.90 Å². The Kier molecular flexibility index (Phi) is 6.24. The van der Waals surface area contributed by atoms with E-state index in [1.165, 1.54) is 37.6 Å². The second-order valence-corrected chi connectivity index (χ2v) is 5.81. The number of hydrogen-bond acceptors (Lipinski definition) is 9. The molecule has 0 bridgehead atoms. The molecule has 0 amide bonds. The van der Waals surface area contributed by atoms with Crippen LogP contribution in [0.4, 0.5) is 5.69 Å². The molecule has 0 radical (unpaired) electrons. The van der Waals surface area contributed by atoms with E-state index in [-0.39, 0.29) is 29.1 Å². The zero-order valence-electron chi connectivity index (χ0n) is 15.8. The maximum Gasteiger partial charge on any atom is 0.336 e. The van der Waals surface area contributed by atoms with Gasteiger partial charge in [0.05, 0.1) is 42.8 Å². The van der Waals surface area contributed by atoms with Crippen LogP contribution >= 0.6 is 0 Å². The molecule has 1 aliphatic rings. The van der Waals surface area contributed by atoms with Crippen molar-refractivity contribution in [3.05, 3.63) is 51.4 Å². The van der Waals surface area contributed by atoms with Crippen molar-refractivity contribution in [3.63, 3.8) is 0 Å². The Bertz CT molecular complexity index is 841. The molecule has 0 saturated carbocycles. The van der Waals surface area contributed by atoms with E-state index in [4.69, 9.17) is 14.2 Å². The molecule has 10 nitrogen and oxygen atoms in total. The number of carbonyl (C=O) groups excluding carboxylic acids is 2. The molecular formula is C18H19N2O8-. The van der Waals surface area contributed by atoms with Crippen LogP contribution in [-0.2, 0) is 19.1 Å². The van der Waals surface area contributed by atoms with E-state index in [1.807, 2.05) is 0 Å². The summed E-state index contributed by atoms with van der Waals surface area (Å²) in [4.78, 5) is 36.6. The molecule has 10 heteroatoms. The standard InChI is InChI=1S/C18H20N2O8/c1-5-28-14-7-10(6-13(16(14)21)20(24)25)15-11(17(22)26-3)8-19(2)9-12(15)18(23)27-4/h6-9,15,21H,5H2,1-4H3/p-1. The molecule has 0 N–H and O–H groups in total. The fraction of sp³-hybridized carbons (Fsp3) is 0.333. The second-order valence-electron chi connectivity index (χ2n) is 5.81. The van der Waals surface area contributed by atoms with Gasteiger partial charge in [0.1, 0.15) is 5.75 Å². The van der Waals surface area contributed by atoms with Crippen LogP contribution in [0.25, 0.3) is 0 Å². The number of nitro benzene ring substituents is 1. The van der Waals surface area contributed by atoms with Crippen LogP contribution in [0, 0.1) is 10.1 Å². The van der Waals surface area contributed by atoms with Crippen molar-refractivity contribution < 1.29 is 33.8 Å². The van der Waals surface area contributed by atoms with Crippen LogP contribution in [-0.4, -0.2) is 49.6 Å². The maximum atomic E-state index is 12.3. The second kappa shape index (κ2) is 8.42. The molecule has 0 aromatic heterocycles. The van der Waals surface area contributed by atoms with Gasteiger partial charge in [0.15, 0.2) is 0 Å². The van der Waals surface area contributed by atoms with Crippen molar-refractivity contribution in [2.75, 3.05) is 27.9 Å². The number of nitrogens with zero attached hydrogens (tertiary/aromatic N) is 2. The monoisotopic (exact) mass is 391 g/mol. The van der Waals surface area contributed by atoms with Crippen molar-refractivity contribution in [2.24, 2.45) is 0 Å². The average molecular weight is 391 g/mol. The summed E-state index contributed by atoms with van der Waals surface area (Å²) in [5.74, 6) is -3.67. The number of rotatable bonds is 6. The molecule has 1 aliphatic heterocycles. The minimum Gasteiger partial charge on any atom is -0.865 e. The summed E-state index contributed by atoms with van der Waals surface area (Å²) in [7, 11) is 3.94. The largest absolute Gasteiger partial charge is 0.865 e. The van der Waals surface area contributed by atoms with Crippen LogP contribution < -0.4 is 9.84 Å². The van der Waals surface area contributed by atoms with Gasteiger partial charge in [-0.05, 0) is 18.6 Å². The van der Waals surface area contributed by atoms with Gasteiger partial charge in [0.2, 0.25) is 0 Å². The molecule has 1 aromatic carbocycles. The van der Waals surface area contributed by atoms with Gasteiger partial charge in [0.25, 0.3) is 5.69 Å². The van der Waals surface area contributed by atoms with E-state index < -0.39 is 34.2 Å². The fourth-order valence-electron chi connectivity index (χ4n) is 2.90. The Balaban J connectivity index is 2.76. The molecule has 28 heavy (non-hydrogen) atoms. The van der Waals surface area contributed by atoms with Gasteiger partial charge in [0, 0.05) is 31.3 Å². The third kappa shape index (κ3) is 3.90. The SMILES string of the molecule is CCOc1cc(C2C(C(=O)OC)=CN(C)C=C2C(=O)OC)cc([N+](=O)[O-])c1[O-]. The zero-order valence-corrected chi connectivity index (χ0v) is 15.8. The topological polar surface area (TPSA) is 131 Å². The summed E-state index contributed by atoms with van der Waals surface area (Å²) >= 11 is 0. The Morgan fingerprint density at radius 1 is 1.14 bits per heavy atom. The number of benzene rings is 1. The highest BCUT2D eigenvalue weighted by molar-refractivity contribution is 5.98. The van der Waals surface area contributed by atoms with Crippen molar-refractivity contribution in [2.45, 2.75) is 12.8 Å². The first-order valence-electron chi connectivity index (χ1n) is 8.19. The third-order valence-electron chi connectivity index (χ3n) is 4.04. The molecule has 0 fully saturated rings. The van der Waals surface area contributed by atoms with Crippen LogP contribution in [0.15, 0.2) is 35.7 Å². The van der Waals surface area contributed by atoms with E-state index in [2.05, 4.69) is 0 Å². The van der Waals surface area contributed by atoms with E-state index in [0.29, 0.717) is 0 Å². The van der Waals surface area contributed by atoms with E-state index in [9.17, 15) is 24.8 Å². The average Bonchev–Trinajstić information content (AvgIpc) is 2.67. The Morgan fingerprint density at radius 2 is 1.68 bits per heavy atom. The number of hydrogen-bond donors (Lipinski definition) is 0. The molecule has 1 heterocycles. The number of carbonyl (C=O) groups is 2. The van der Waals surface area contributed by atoms with Crippen LogP contribution in [0.1, 0.15) is 18.4 Å². The fourth-order valence-corrected chi connectivity index (χ4v) is 2.90. The quantitative estimate of drug-likeness (QED) is 0.399. The smallest absolute Gasteiger partial charge is 0.336 e. The van der Waals surface area contributed by atoms with Crippen LogP contribution in [0.2, 0.25) is 0 Å². The predicted octanol–water partition coefficient (Wildman–Crippen LogP) is 1.21. The van der Waals surface area contributed by atoms with Crippen molar-refractivity contribution in [1.29, 1.82) is 0 Å². The molecular weight excluding hydrogens is 372 g/mol. The van der Waals surface area contributed by atoms with Crippen LogP contribution in [0.5, 0.6) is 11.5 Å². The molecule has 1 aromatic rings. The lowest BCUT2D eigenvalue weighted by Crippen LogP contribution is -2.27. The van der Waals surface area contributed by atoms with Gasteiger partial charge in [-0.25, -0.2) is 9.59 Å². The Morgan fingerprint density at radius 3 is 2.11 bits per heavy atom. The summed E-state index contributed by atoms with van der Waals surface area (Å²) in [5.41, 5.74) is -0.490. The molecule has 0 spiro atoms. The first kappa shape index (κ1) is 20.7. The van der Waals surface area contributed by atoms with Crippen molar-refractivity contribution in [3.8, 4) is 11.5 Å². The van der Waals surface area contributed by atoms with Gasteiger partial charge in [-0.2, -0.15) is 0 Å².